The first-order valence-electron chi connectivity index (χ1n) is 4.88. The Morgan fingerprint density at radius 3 is 2.88 bits per heavy atom. The Kier molecular flexibility index (Phi) is 5.51. The predicted octanol–water partition coefficient (Wildman–Crippen LogP) is 3.78. The number of thioether (sulfide) groups is 1. The van der Waals surface area contributed by atoms with Crippen molar-refractivity contribution in [2.75, 3.05) is 12.9 Å². The number of carbonyl (C=O) groups excluding carboxylic acids is 1. The predicted molar refractivity (Wildman–Crippen MR) is 70.1 cm³/mol. The van der Waals surface area contributed by atoms with Gasteiger partial charge in [-0.1, -0.05) is 35.5 Å². The van der Waals surface area contributed by atoms with Crippen LogP contribution in [0.4, 0.5) is 4.39 Å². The summed E-state index contributed by atoms with van der Waals surface area (Å²) in [4.78, 5) is 10.7. The average molecular weight is 275 g/mol. The molecule has 0 aliphatic heterocycles. The van der Waals surface area contributed by atoms with Crippen LogP contribution in [0.15, 0.2) is 18.2 Å². The van der Waals surface area contributed by atoms with Crippen molar-refractivity contribution in [1.29, 1.82) is 0 Å². The van der Waals surface area contributed by atoms with E-state index in [1.807, 2.05) is 0 Å². The first kappa shape index (κ1) is 14.1. The zero-order valence-corrected chi connectivity index (χ0v) is 11.1. The molecule has 0 spiro atoms. The van der Waals surface area contributed by atoms with Crippen LogP contribution < -0.4 is 4.74 Å². The third kappa shape index (κ3) is 4.06. The summed E-state index contributed by atoms with van der Waals surface area (Å²) in [6, 6.07) is 3.04. The fourth-order valence-corrected chi connectivity index (χ4v) is 1.83. The minimum Gasteiger partial charge on any atom is -0.494 e. The molecule has 2 nitrogen and oxygen atoms in total. The number of halogens is 2. The zero-order valence-electron chi connectivity index (χ0n) is 9.50. The van der Waals surface area contributed by atoms with Crippen LogP contribution in [0.3, 0.4) is 0 Å². The molecule has 0 aliphatic carbocycles. The third-order valence-corrected chi connectivity index (χ3v) is 3.07. The maximum absolute atomic E-state index is 13.8. The summed E-state index contributed by atoms with van der Waals surface area (Å²) in [5, 5.41) is 0.333. The second kappa shape index (κ2) is 6.67. The number of carbonyl (C=O) groups is 1. The summed E-state index contributed by atoms with van der Waals surface area (Å²) in [6.07, 6.45) is 3.24. The van der Waals surface area contributed by atoms with Gasteiger partial charge in [0.1, 0.15) is 0 Å². The SMILES string of the molecule is COc1ccc(Cl)c(C=CCSC(C)=O)c1F. The number of hydrogen-bond donors (Lipinski definition) is 0. The van der Waals surface area contributed by atoms with E-state index in [-0.39, 0.29) is 16.4 Å². The normalized spacial score (nSPS) is 10.8. The second-order valence-electron chi connectivity index (χ2n) is 3.18. The Morgan fingerprint density at radius 2 is 2.29 bits per heavy atom. The molecule has 0 amide bonds. The van der Waals surface area contributed by atoms with Crippen LogP contribution in [0.25, 0.3) is 6.08 Å². The van der Waals surface area contributed by atoms with Gasteiger partial charge >= 0.3 is 0 Å². The fourth-order valence-electron chi connectivity index (χ4n) is 1.19. The second-order valence-corrected chi connectivity index (χ2v) is 4.79. The molecular formula is C12H12ClFO2S. The summed E-state index contributed by atoms with van der Waals surface area (Å²) in [6.45, 7) is 1.48. The van der Waals surface area contributed by atoms with E-state index in [0.717, 1.165) is 11.8 Å². The van der Waals surface area contributed by atoms with E-state index in [1.165, 1.54) is 20.1 Å². The van der Waals surface area contributed by atoms with Crippen molar-refractivity contribution in [1.82, 2.24) is 0 Å². The van der Waals surface area contributed by atoms with Crippen LogP contribution in [0.5, 0.6) is 5.75 Å². The molecule has 0 saturated carbocycles. The highest BCUT2D eigenvalue weighted by Crippen LogP contribution is 2.28. The average Bonchev–Trinajstić information content (AvgIpc) is 2.27. The van der Waals surface area contributed by atoms with Crippen LogP contribution in [0, 0.1) is 5.82 Å². The quantitative estimate of drug-likeness (QED) is 0.836. The first-order chi connectivity index (χ1) is 8.06. The number of benzene rings is 1. The van der Waals surface area contributed by atoms with Crippen molar-refractivity contribution in [3.63, 3.8) is 0 Å². The van der Waals surface area contributed by atoms with Crippen molar-refractivity contribution in [2.24, 2.45) is 0 Å². The molecule has 0 atom stereocenters. The molecule has 1 aromatic carbocycles. The highest BCUT2D eigenvalue weighted by atomic mass is 35.5. The molecule has 0 aromatic heterocycles. The lowest BCUT2D eigenvalue weighted by molar-refractivity contribution is -0.109. The highest BCUT2D eigenvalue weighted by Gasteiger charge is 2.10. The summed E-state index contributed by atoms with van der Waals surface area (Å²) in [5.74, 6) is 0.139. The van der Waals surface area contributed by atoms with E-state index in [2.05, 4.69) is 0 Å². The largest absolute Gasteiger partial charge is 0.494 e. The standard InChI is InChI=1S/C12H12ClFO2S/c1-8(15)17-7-3-4-9-10(13)5-6-11(16-2)12(9)14/h3-6H,7H2,1-2H3. The van der Waals surface area contributed by atoms with Crippen molar-refractivity contribution < 1.29 is 13.9 Å². The molecule has 0 bridgehead atoms. The summed E-state index contributed by atoms with van der Waals surface area (Å²) in [5.41, 5.74) is 0.273. The van der Waals surface area contributed by atoms with Gasteiger partial charge in [0.2, 0.25) is 0 Å². The molecule has 1 aromatic rings. The van der Waals surface area contributed by atoms with E-state index in [1.54, 1.807) is 18.2 Å². The molecule has 92 valence electrons. The molecule has 0 saturated heterocycles. The van der Waals surface area contributed by atoms with Gasteiger partial charge in [0.05, 0.1) is 12.1 Å². The molecule has 1 rings (SSSR count). The lowest BCUT2D eigenvalue weighted by atomic mass is 10.2. The Hall–Kier alpha value is -1.00. The molecule has 0 heterocycles. The van der Waals surface area contributed by atoms with Crippen LogP contribution in [0.1, 0.15) is 12.5 Å². The molecule has 0 N–H and O–H groups in total. The van der Waals surface area contributed by atoms with Crippen LogP contribution in [-0.4, -0.2) is 18.0 Å². The van der Waals surface area contributed by atoms with Crippen LogP contribution in [-0.2, 0) is 4.79 Å². The van der Waals surface area contributed by atoms with Gasteiger partial charge in [-0.3, -0.25) is 4.79 Å². The number of methoxy groups -OCH3 is 1. The van der Waals surface area contributed by atoms with Gasteiger partial charge in [-0.15, -0.1) is 0 Å². The van der Waals surface area contributed by atoms with E-state index < -0.39 is 5.82 Å². The lowest BCUT2D eigenvalue weighted by Crippen LogP contribution is -1.92. The molecular weight excluding hydrogens is 263 g/mol. The van der Waals surface area contributed by atoms with Gasteiger partial charge < -0.3 is 4.74 Å². The minimum atomic E-state index is -0.496. The Labute approximate surface area is 109 Å². The van der Waals surface area contributed by atoms with Crippen molar-refractivity contribution in [3.05, 3.63) is 34.6 Å². The van der Waals surface area contributed by atoms with Gasteiger partial charge in [-0.25, -0.2) is 4.39 Å². The Morgan fingerprint density at radius 1 is 1.59 bits per heavy atom. The number of ether oxygens (including phenoxy) is 1. The summed E-state index contributed by atoms with van der Waals surface area (Å²) in [7, 11) is 1.39. The monoisotopic (exact) mass is 274 g/mol. The smallest absolute Gasteiger partial charge is 0.186 e. The lowest BCUT2D eigenvalue weighted by Gasteiger charge is -2.05. The van der Waals surface area contributed by atoms with Gasteiger partial charge in [0, 0.05) is 18.2 Å². The maximum atomic E-state index is 13.8. The van der Waals surface area contributed by atoms with Gasteiger partial charge in [0.25, 0.3) is 0 Å². The zero-order chi connectivity index (χ0) is 12.8. The van der Waals surface area contributed by atoms with Gasteiger partial charge in [-0.05, 0) is 12.1 Å². The molecule has 0 radical (unpaired) electrons. The molecule has 0 unspecified atom stereocenters. The Balaban J connectivity index is 2.86. The highest BCUT2D eigenvalue weighted by molar-refractivity contribution is 8.13. The molecule has 17 heavy (non-hydrogen) atoms. The third-order valence-electron chi connectivity index (χ3n) is 1.98. The molecule has 0 aliphatic rings. The molecule has 0 fully saturated rings. The van der Waals surface area contributed by atoms with E-state index in [4.69, 9.17) is 16.3 Å². The van der Waals surface area contributed by atoms with Crippen LogP contribution >= 0.6 is 23.4 Å². The number of hydrogen-bond acceptors (Lipinski definition) is 3. The topological polar surface area (TPSA) is 26.3 Å². The van der Waals surface area contributed by atoms with Crippen molar-refractivity contribution in [3.8, 4) is 5.75 Å². The first-order valence-corrected chi connectivity index (χ1v) is 6.24. The number of rotatable bonds is 4. The van der Waals surface area contributed by atoms with E-state index >= 15 is 0 Å². The summed E-state index contributed by atoms with van der Waals surface area (Å²) >= 11 is 7.03. The van der Waals surface area contributed by atoms with E-state index in [0.29, 0.717) is 10.8 Å². The fraction of sp³-hybridized carbons (Fsp3) is 0.250. The van der Waals surface area contributed by atoms with Crippen molar-refractivity contribution in [2.45, 2.75) is 6.92 Å². The van der Waals surface area contributed by atoms with Crippen molar-refractivity contribution >= 4 is 34.6 Å². The Bertz CT molecular complexity index is 446. The van der Waals surface area contributed by atoms with Gasteiger partial charge in [0.15, 0.2) is 16.7 Å². The van der Waals surface area contributed by atoms with Crippen LogP contribution in [0.2, 0.25) is 5.02 Å². The summed E-state index contributed by atoms with van der Waals surface area (Å²) < 4.78 is 18.6. The van der Waals surface area contributed by atoms with Gasteiger partial charge in [-0.2, -0.15) is 0 Å². The maximum Gasteiger partial charge on any atom is 0.186 e. The minimum absolute atomic E-state index is 0.0202. The molecule has 5 heteroatoms. The van der Waals surface area contributed by atoms with E-state index in [9.17, 15) is 9.18 Å².